The van der Waals surface area contributed by atoms with E-state index in [4.69, 9.17) is 16.9 Å². The number of hydrogen-bond acceptors (Lipinski definition) is 3. The van der Waals surface area contributed by atoms with Crippen molar-refractivity contribution in [3.8, 4) is 6.07 Å². The van der Waals surface area contributed by atoms with Crippen molar-refractivity contribution in [2.75, 3.05) is 13.6 Å². The smallest absolute Gasteiger partial charge is 0.253 e. The van der Waals surface area contributed by atoms with E-state index in [1.165, 1.54) is 4.90 Å². The summed E-state index contributed by atoms with van der Waals surface area (Å²) in [5, 5.41) is 8.80. The fourth-order valence-electron chi connectivity index (χ4n) is 1.40. The maximum Gasteiger partial charge on any atom is 0.253 e. The van der Waals surface area contributed by atoms with Crippen LogP contribution < -0.4 is 0 Å². The second-order valence-electron chi connectivity index (χ2n) is 3.66. The van der Waals surface area contributed by atoms with Gasteiger partial charge in [-0.2, -0.15) is 5.26 Å². The van der Waals surface area contributed by atoms with Gasteiger partial charge in [-0.15, -0.1) is 0 Å². The predicted octanol–water partition coefficient (Wildman–Crippen LogP) is 2.28. The first-order chi connectivity index (χ1) is 8.08. The number of rotatable bonds is 4. The molecule has 0 fully saturated rings. The molecule has 0 aliphatic rings. The van der Waals surface area contributed by atoms with E-state index in [2.05, 4.69) is 4.98 Å². The van der Waals surface area contributed by atoms with Gasteiger partial charge in [-0.05, 0) is 18.6 Å². The number of halogens is 1. The second kappa shape index (κ2) is 6.21. The summed E-state index contributed by atoms with van der Waals surface area (Å²) < 4.78 is 0. The van der Waals surface area contributed by atoms with E-state index in [0.29, 0.717) is 23.7 Å². The second-order valence-corrected chi connectivity index (χ2v) is 4.05. The van der Waals surface area contributed by atoms with Crippen LogP contribution in [-0.4, -0.2) is 29.4 Å². The van der Waals surface area contributed by atoms with Crippen LogP contribution in [0.5, 0.6) is 0 Å². The van der Waals surface area contributed by atoms with Crippen LogP contribution in [-0.2, 0) is 6.42 Å². The van der Waals surface area contributed by atoms with Crippen LogP contribution >= 0.6 is 11.6 Å². The molecule has 0 N–H and O–H groups in total. The van der Waals surface area contributed by atoms with Crippen LogP contribution in [0.2, 0.25) is 5.15 Å². The summed E-state index contributed by atoms with van der Waals surface area (Å²) in [4.78, 5) is 17.6. The number of amides is 1. The molecule has 4 nitrogen and oxygen atoms in total. The molecule has 1 amide bonds. The standard InChI is InChI=1S/C12H14ClN3O/c1-3-10-7-9(8-11(13)15-10)12(17)16(2)6-4-5-14/h7-8H,3-4,6H2,1-2H3. The van der Waals surface area contributed by atoms with E-state index in [0.717, 1.165) is 12.1 Å². The van der Waals surface area contributed by atoms with Crippen LogP contribution in [0.4, 0.5) is 0 Å². The van der Waals surface area contributed by atoms with Crippen LogP contribution in [0, 0.1) is 11.3 Å². The molecule has 1 heterocycles. The van der Waals surface area contributed by atoms with Crippen molar-refractivity contribution in [3.63, 3.8) is 0 Å². The van der Waals surface area contributed by atoms with Crippen molar-refractivity contribution in [3.05, 3.63) is 28.5 Å². The van der Waals surface area contributed by atoms with Crippen LogP contribution in [0.3, 0.4) is 0 Å². The van der Waals surface area contributed by atoms with Gasteiger partial charge in [0.25, 0.3) is 5.91 Å². The molecule has 0 aliphatic heterocycles. The normalized spacial score (nSPS) is 9.76. The summed E-state index contributed by atoms with van der Waals surface area (Å²) in [5.41, 5.74) is 1.30. The average molecular weight is 252 g/mol. The Labute approximate surface area is 106 Å². The van der Waals surface area contributed by atoms with Gasteiger partial charge in [-0.3, -0.25) is 4.79 Å². The number of aryl methyl sites for hydroxylation is 1. The summed E-state index contributed by atoms with van der Waals surface area (Å²) in [6.45, 7) is 2.36. The highest BCUT2D eigenvalue weighted by Gasteiger charge is 2.13. The number of hydrogen-bond donors (Lipinski definition) is 0. The summed E-state index contributed by atoms with van der Waals surface area (Å²) >= 11 is 5.85. The van der Waals surface area contributed by atoms with Crippen molar-refractivity contribution in [2.24, 2.45) is 0 Å². The van der Waals surface area contributed by atoms with Crippen molar-refractivity contribution < 1.29 is 4.79 Å². The van der Waals surface area contributed by atoms with E-state index < -0.39 is 0 Å². The van der Waals surface area contributed by atoms with E-state index >= 15 is 0 Å². The highest BCUT2D eigenvalue weighted by molar-refractivity contribution is 6.29. The van der Waals surface area contributed by atoms with E-state index in [-0.39, 0.29) is 5.91 Å². The van der Waals surface area contributed by atoms with Gasteiger partial charge in [-0.25, -0.2) is 4.98 Å². The molecule has 0 unspecified atom stereocenters. The van der Waals surface area contributed by atoms with Gasteiger partial charge in [0.15, 0.2) is 0 Å². The number of carbonyl (C=O) groups excluding carboxylic acids is 1. The minimum Gasteiger partial charge on any atom is -0.341 e. The molecule has 1 rings (SSSR count). The lowest BCUT2D eigenvalue weighted by molar-refractivity contribution is 0.0798. The lowest BCUT2D eigenvalue weighted by atomic mass is 10.2. The minimum absolute atomic E-state index is 0.140. The first kappa shape index (κ1) is 13.5. The van der Waals surface area contributed by atoms with E-state index in [1.54, 1.807) is 19.2 Å². The Balaban J connectivity index is 2.88. The third kappa shape index (κ3) is 3.72. The van der Waals surface area contributed by atoms with E-state index in [1.807, 2.05) is 13.0 Å². The lowest BCUT2D eigenvalue weighted by Crippen LogP contribution is -2.27. The number of carbonyl (C=O) groups is 1. The predicted molar refractivity (Wildman–Crippen MR) is 65.8 cm³/mol. The zero-order chi connectivity index (χ0) is 12.8. The SMILES string of the molecule is CCc1cc(C(=O)N(C)CCC#N)cc(Cl)n1. The Morgan fingerprint density at radius 3 is 2.88 bits per heavy atom. The Kier molecular flexibility index (Phi) is 4.92. The maximum atomic E-state index is 12.0. The summed E-state index contributed by atoms with van der Waals surface area (Å²) in [5.74, 6) is -0.140. The molecule has 90 valence electrons. The molecular weight excluding hydrogens is 238 g/mol. The molecule has 17 heavy (non-hydrogen) atoms. The van der Waals surface area contributed by atoms with Crippen LogP contribution in [0.1, 0.15) is 29.4 Å². The lowest BCUT2D eigenvalue weighted by Gasteiger charge is -2.15. The minimum atomic E-state index is -0.140. The number of nitrogens with zero attached hydrogens (tertiary/aromatic N) is 3. The number of pyridine rings is 1. The Morgan fingerprint density at radius 1 is 1.59 bits per heavy atom. The van der Waals surface area contributed by atoms with Crippen molar-refractivity contribution in [1.29, 1.82) is 5.26 Å². The highest BCUT2D eigenvalue weighted by Crippen LogP contribution is 2.13. The Morgan fingerprint density at radius 2 is 2.29 bits per heavy atom. The summed E-state index contributed by atoms with van der Waals surface area (Å²) in [6, 6.07) is 5.29. The molecule has 0 aromatic carbocycles. The van der Waals surface area contributed by atoms with Gasteiger partial charge in [0.05, 0.1) is 12.5 Å². The average Bonchev–Trinajstić information content (AvgIpc) is 2.34. The van der Waals surface area contributed by atoms with Crippen LogP contribution in [0.15, 0.2) is 12.1 Å². The van der Waals surface area contributed by atoms with Crippen LogP contribution in [0.25, 0.3) is 0 Å². The molecule has 0 aliphatic carbocycles. The quantitative estimate of drug-likeness (QED) is 0.772. The Bertz CT molecular complexity index is 454. The highest BCUT2D eigenvalue weighted by atomic mass is 35.5. The third-order valence-electron chi connectivity index (χ3n) is 2.36. The Hall–Kier alpha value is -1.60. The molecule has 0 saturated heterocycles. The van der Waals surface area contributed by atoms with Gasteiger partial charge in [0.1, 0.15) is 5.15 Å². The van der Waals surface area contributed by atoms with Gasteiger partial charge >= 0.3 is 0 Å². The monoisotopic (exact) mass is 251 g/mol. The zero-order valence-corrected chi connectivity index (χ0v) is 10.7. The number of nitriles is 1. The largest absolute Gasteiger partial charge is 0.341 e. The summed E-state index contributed by atoms with van der Waals surface area (Å²) in [6.07, 6.45) is 1.05. The topological polar surface area (TPSA) is 57.0 Å². The molecule has 1 aromatic rings. The molecule has 0 spiro atoms. The summed E-state index contributed by atoms with van der Waals surface area (Å²) in [7, 11) is 1.67. The molecule has 1 aromatic heterocycles. The fraction of sp³-hybridized carbons (Fsp3) is 0.417. The van der Waals surface area contributed by atoms with Crippen molar-refractivity contribution in [1.82, 2.24) is 9.88 Å². The van der Waals surface area contributed by atoms with E-state index in [9.17, 15) is 4.79 Å². The number of aromatic nitrogens is 1. The van der Waals surface area contributed by atoms with Gasteiger partial charge < -0.3 is 4.90 Å². The molecule has 0 radical (unpaired) electrons. The third-order valence-corrected chi connectivity index (χ3v) is 2.56. The molecule has 0 bridgehead atoms. The molecule has 5 heteroatoms. The molecular formula is C12H14ClN3O. The van der Waals surface area contributed by atoms with Gasteiger partial charge in [0.2, 0.25) is 0 Å². The molecule has 0 saturated carbocycles. The van der Waals surface area contributed by atoms with Crippen molar-refractivity contribution in [2.45, 2.75) is 19.8 Å². The fourth-order valence-corrected chi connectivity index (χ4v) is 1.62. The van der Waals surface area contributed by atoms with Gasteiger partial charge in [0, 0.05) is 24.8 Å². The first-order valence-corrected chi connectivity index (χ1v) is 5.75. The molecule has 0 atom stereocenters. The van der Waals surface area contributed by atoms with Crippen molar-refractivity contribution >= 4 is 17.5 Å². The first-order valence-electron chi connectivity index (χ1n) is 5.37. The zero-order valence-electron chi connectivity index (χ0n) is 9.90. The maximum absolute atomic E-state index is 12.0. The van der Waals surface area contributed by atoms with Gasteiger partial charge in [-0.1, -0.05) is 18.5 Å².